The zero-order valence-corrected chi connectivity index (χ0v) is 12.6. The number of ether oxygens (including phenoxy) is 1. The lowest BCUT2D eigenvalue weighted by molar-refractivity contribution is -0.138. The van der Waals surface area contributed by atoms with Crippen LogP contribution in [-0.4, -0.2) is 31.2 Å². The van der Waals surface area contributed by atoms with Gasteiger partial charge in [-0.3, -0.25) is 4.79 Å². The van der Waals surface area contributed by atoms with Crippen LogP contribution in [0.3, 0.4) is 0 Å². The summed E-state index contributed by atoms with van der Waals surface area (Å²) in [5.41, 5.74) is 7.17. The van der Waals surface area contributed by atoms with Crippen LogP contribution < -0.4 is 10.6 Å². The van der Waals surface area contributed by atoms with E-state index in [1.165, 1.54) is 7.11 Å². The Morgan fingerprint density at radius 2 is 2.21 bits per heavy atom. The lowest BCUT2D eigenvalue weighted by atomic mass is 10.1. The molecular weight excluding hydrogens is 284 g/mol. The molecule has 0 unspecified atom stereocenters. The van der Waals surface area contributed by atoms with Crippen LogP contribution in [0.4, 0.5) is 5.69 Å². The molecule has 1 aromatic rings. The van der Waals surface area contributed by atoms with Gasteiger partial charge in [0.15, 0.2) is 0 Å². The van der Waals surface area contributed by atoms with Gasteiger partial charge in [0.25, 0.3) is 0 Å². The van der Waals surface area contributed by atoms with Crippen LogP contribution >= 0.6 is 23.8 Å². The molecule has 0 heterocycles. The van der Waals surface area contributed by atoms with Gasteiger partial charge in [0, 0.05) is 22.8 Å². The van der Waals surface area contributed by atoms with Gasteiger partial charge in [0.05, 0.1) is 7.11 Å². The van der Waals surface area contributed by atoms with Crippen molar-refractivity contribution in [3.63, 3.8) is 0 Å². The van der Waals surface area contributed by atoms with Gasteiger partial charge in [-0.2, -0.15) is 0 Å². The summed E-state index contributed by atoms with van der Waals surface area (Å²) < 4.78 is 4.70. The van der Waals surface area contributed by atoms with E-state index in [1.54, 1.807) is 12.1 Å². The molecule has 0 saturated heterocycles. The first kappa shape index (κ1) is 15.7. The third-order valence-electron chi connectivity index (χ3n) is 2.61. The van der Waals surface area contributed by atoms with Crippen LogP contribution in [0.5, 0.6) is 0 Å². The Morgan fingerprint density at radius 1 is 1.53 bits per heavy atom. The van der Waals surface area contributed by atoms with Crippen LogP contribution in [0.25, 0.3) is 0 Å². The molecule has 1 rings (SSSR count). The fourth-order valence-corrected chi connectivity index (χ4v) is 2.09. The summed E-state index contributed by atoms with van der Waals surface area (Å²) in [6.45, 7) is 2.88. The van der Waals surface area contributed by atoms with Crippen LogP contribution in [-0.2, 0) is 9.53 Å². The van der Waals surface area contributed by atoms with Gasteiger partial charge in [-0.05, 0) is 24.6 Å². The van der Waals surface area contributed by atoms with E-state index in [0.717, 1.165) is 12.1 Å². The first-order chi connectivity index (χ1) is 8.99. The Morgan fingerprint density at radius 3 is 2.74 bits per heavy atom. The number of methoxy groups -OCH3 is 1. The normalized spacial score (nSPS) is 10.1. The van der Waals surface area contributed by atoms with Crippen molar-refractivity contribution < 1.29 is 9.53 Å². The Kier molecular flexibility index (Phi) is 6.05. The van der Waals surface area contributed by atoms with Gasteiger partial charge < -0.3 is 15.4 Å². The molecule has 0 bridgehead atoms. The Labute approximate surface area is 123 Å². The Bertz CT molecular complexity index is 480. The van der Waals surface area contributed by atoms with Gasteiger partial charge >= 0.3 is 5.97 Å². The number of nitrogens with zero attached hydrogens (tertiary/aromatic N) is 1. The highest BCUT2D eigenvalue weighted by Crippen LogP contribution is 2.24. The van der Waals surface area contributed by atoms with E-state index in [0.29, 0.717) is 17.1 Å². The average molecular weight is 301 g/mol. The molecule has 0 spiro atoms. The molecule has 2 N–H and O–H groups in total. The van der Waals surface area contributed by atoms with E-state index in [9.17, 15) is 4.79 Å². The van der Waals surface area contributed by atoms with E-state index in [2.05, 4.69) is 0 Å². The molecule has 104 valence electrons. The fourth-order valence-electron chi connectivity index (χ4n) is 1.76. The van der Waals surface area contributed by atoms with Gasteiger partial charge in [0.1, 0.15) is 11.5 Å². The second kappa shape index (κ2) is 7.31. The van der Waals surface area contributed by atoms with Crippen molar-refractivity contribution in [3.05, 3.63) is 28.8 Å². The first-order valence-electron chi connectivity index (χ1n) is 5.90. The molecule has 19 heavy (non-hydrogen) atoms. The molecule has 1 aromatic carbocycles. The molecule has 4 nitrogen and oxygen atoms in total. The molecule has 0 amide bonds. The maximum Gasteiger partial charge on any atom is 0.325 e. The van der Waals surface area contributed by atoms with Crippen molar-refractivity contribution >= 4 is 40.5 Å². The number of anilines is 1. The van der Waals surface area contributed by atoms with E-state index in [-0.39, 0.29) is 17.5 Å². The van der Waals surface area contributed by atoms with E-state index < -0.39 is 0 Å². The lowest BCUT2D eigenvalue weighted by Gasteiger charge is -2.25. The van der Waals surface area contributed by atoms with Crippen molar-refractivity contribution in [2.24, 2.45) is 5.73 Å². The number of nitrogens with two attached hydrogens (primary N) is 1. The SMILES string of the molecule is CCCN(CC(=O)OC)c1ccc(Cl)cc1C(N)=S. The van der Waals surface area contributed by atoms with Crippen molar-refractivity contribution in [1.82, 2.24) is 0 Å². The van der Waals surface area contributed by atoms with Crippen LogP contribution in [0, 0.1) is 0 Å². The summed E-state index contributed by atoms with van der Waals surface area (Å²) in [5.74, 6) is -0.308. The standard InChI is InChI=1S/C13H17ClN2O2S/c1-3-6-16(8-12(17)18-2)11-5-4-9(14)7-10(11)13(15)19/h4-5,7H,3,6,8H2,1-2H3,(H2,15,19). The quantitative estimate of drug-likeness (QED) is 0.646. The van der Waals surface area contributed by atoms with Gasteiger partial charge in [-0.1, -0.05) is 30.7 Å². The largest absolute Gasteiger partial charge is 0.468 e. The lowest BCUT2D eigenvalue weighted by Crippen LogP contribution is -2.33. The summed E-state index contributed by atoms with van der Waals surface area (Å²) in [6.07, 6.45) is 0.885. The second-order valence-corrected chi connectivity index (χ2v) is 4.90. The molecule has 0 aliphatic carbocycles. The first-order valence-corrected chi connectivity index (χ1v) is 6.69. The molecule has 0 atom stereocenters. The molecule has 0 aromatic heterocycles. The number of hydrogen-bond acceptors (Lipinski definition) is 4. The zero-order chi connectivity index (χ0) is 14.4. The summed E-state index contributed by atoms with van der Waals surface area (Å²) in [5, 5.41) is 0.557. The summed E-state index contributed by atoms with van der Waals surface area (Å²) in [7, 11) is 1.36. The smallest absolute Gasteiger partial charge is 0.325 e. The topological polar surface area (TPSA) is 55.6 Å². The van der Waals surface area contributed by atoms with E-state index >= 15 is 0 Å². The maximum absolute atomic E-state index is 11.5. The zero-order valence-electron chi connectivity index (χ0n) is 11.0. The minimum atomic E-state index is -0.308. The van der Waals surface area contributed by atoms with E-state index in [1.807, 2.05) is 17.9 Å². The van der Waals surface area contributed by atoms with E-state index in [4.69, 9.17) is 34.3 Å². The second-order valence-electron chi connectivity index (χ2n) is 4.02. The third kappa shape index (κ3) is 4.36. The van der Waals surface area contributed by atoms with Crippen molar-refractivity contribution in [3.8, 4) is 0 Å². The number of halogens is 1. The highest BCUT2D eigenvalue weighted by Gasteiger charge is 2.16. The molecule has 0 aliphatic heterocycles. The molecule has 0 aliphatic rings. The minimum absolute atomic E-state index is 0.154. The van der Waals surface area contributed by atoms with Crippen LogP contribution in [0.2, 0.25) is 5.02 Å². The Balaban J connectivity index is 3.14. The maximum atomic E-state index is 11.5. The number of thiocarbonyl (C=S) groups is 1. The van der Waals surface area contributed by atoms with Crippen molar-refractivity contribution in [1.29, 1.82) is 0 Å². The van der Waals surface area contributed by atoms with Crippen LogP contribution in [0.1, 0.15) is 18.9 Å². The van der Waals surface area contributed by atoms with Gasteiger partial charge in [-0.15, -0.1) is 0 Å². The predicted octanol–water partition coefficient (Wildman–Crippen LogP) is 2.36. The molecule has 6 heteroatoms. The summed E-state index contributed by atoms with van der Waals surface area (Å²) in [6, 6.07) is 5.27. The monoisotopic (exact) mass is 300 g/mol. The molecule has 0 saturated carbocycles. The highest BCUT2D eigenvalue weighted by atomic mass is 35.5. The summed E-state index contributed by atoms with van der Waals surface area (Å²) >= 11 is 11.0. The average Bonchev–Trinajstić information content (AvgIpc) is 2.38. The number of rotatable bonds is 6. The molecular formula is C13H17ClN2O2S. The van der Waals surface area contributed by atoms with Crippen molar-refractivity contribution in [2.45, 2.75) is 13.3 Å². The van der Waals surface area contributed by atoms with Gasteiger partial charge in [-0.25, -0.2) is 0 Å². The molecule has 0 radical (unpaired) electrons. The van der Waals surface area contributed by atoms with Gasteiger partial charge in [0.2, 0.25) is 0 Å². The van der Waals surface area contributed by atoms with Crippen LogP contribution in [0.15, 0.2) is 18.2 Å². The van der Waals surface area contributed by atoms with Crippen molar-refractivity contribution in [2.75, 3.05) is 25.1 Å². The number of carbonyl (C=O) groups is 1. The third-order valence-corrected chi connectivity index (χ3v) is 3.06. The number of benzene rings is 1. The number of carbonyl (C=O) groups excluding carboxylic acids is 1. The number of hydrogen-bond donors (Lipinski definition) is 1. The highest BCUT2D eigenvalue weighted by molar-refractivity contribution is 7.80. The summed E-state index contributed by atoms with van der Waals surface area (Å²) in [4.78, 5) is 13.6. The predicted molar refractivity (Wildman–Crippen MR) is 81.9 cm³/mol. The number of esters is 1. The molecule has 0 fully saturated rings. The fraction of sp³-hybridized carbons (Fsp3) is 0.385. The minimum Gasteiger partial charge on any atom is -0.468 e. The Hall–Kier alpha value is -1.33.